The van der Waals surface area contributed by atoms with Crippen molar-refractivity contribution < 1.29 is 4.79 Å². The standard InChI is InChI=1S/C15H19ClN2OS2/c16-12-4-2-1-3-11(12)13-9-17-5-6-18(13)15(19)14-10-20-7-8-21-14/h1-4,13-14,17H,5-10H2. The minimum atomic E-state index is 0.0486. The van der Waals surface area contributed by atoms with Crippen LogP contribution in [0.25, 0.3) is 0 Å². The molecule has 0 aliphatic carbocycles. The van der Waals surface area contributed by atoms with Crippen molar-refractivity contribution in [2.24, 2.45) is 0 Å². The van der Waals surface area contributed by atoms with Gasteiger partial charge in [0.1, 0.15) is 0 Å². The van der Waals surface area contributed by atoms with E-state index in [1.54, 1.807) is 11.8 Å². The molecule has 1 aromatic carbocycles. The Morgan fingerprint density at radius 3 is 2.95 bits per heavy atom. The molecule has 114 valence electrons. The van der Waals surface area contributed by atoms with Gasteiger partial charge in [0.2, 0.25) is 5.91 Å². The lowest BCUT2D eigenvalue weighted by Crippen LogP contribution is -2.52. The Bertz CT molecular complexity index is 508. The first-order valence-electron chi connectivity index (χ1n) is 7.22. The maximum atomic E-state index is 12.9. The molecular weight excluding hydrogens is 324 g/mol. The van der Waals surface area contributed by atoms with Crippen LogP contribution in [0.15, 0.2) is 24.3 Å². The van der Waals surface area contributed by atoms with E-state index in [2.05, 4.69) is 5.32 Å². The molecule has 3 nitrogen and oxygen atoms in total. The molecule has 0 aromatic heterocycles. The van der Waals surface area contributed by atoms with Gasteiger partial charge in [-0.15, -0.1) is 11.8 Å². The Morgan fingerprint density at radius 2 is 2.19 bits per heavy atom. The summed E-state index contributed by atoms with van der Waals surface area (Å²) in [6.45, 7) is 2.40. The summed E-state index contributed by atoms with van der Waals surface area (Å²) in [5, 5.41) is 4.23. The van der Waals surface area contributed by atoms with Gasteiger partial charge in [-0.2, -0.15) is 11.8 Å². The number of amides is 1. The maximum Gasteiger partial charge on any atom is 0.237 e. The summed E-state index contributed by atoms with van der Waals surface area (Å²) in [5.74, 6) is 3.44. The smallest absolute Gasteiger partial charge is 0.237 e. The predicted molar refractivity (Wildman–Crippen MR) is 92.3 cm³/mol. The van der Waals surface area contributed by atoms with Gasteiger partial charge in [-0.25, -0.2) is 0 Å². The van der Waals surface area contributed by atoms with Gasteiger partial charge < -0.3 is 10.2 Å². The van der Waals surface area contributed by atoms with Crippen molar-refractivity contribution >= 4 is 41.0 Å². The second-order valence-corrected chi connectivity index (χ2v) is 8.08. The van der Waals surface area contributed by atoms with Gasteiger partial charge in [-0.05, 0) is 11.6 Å². The van der Waals surface area contributed by atoms with E-state index in [4.69, 9.17) is 11.6 Å². The van der Waals surface area contributed by atoms with Crippen LogP contribution in [0.3, 0.4) is 0 Å². The van der Waals surface area contributed by atoms with E-state index in [-0.39, 0.29) is 17.2 Å². The summed E-state index contributed by atoms with van der Waals surface area (Å²) in [4.78, 5) is 14.9. The van der Waals surface area contributed by atoms with E-state index >= 15 is 0 Å². The SMILES string of the molecule is O=C(C1CSCCS1)N1CCNCC1c1ccccc1Cl. The zero-order valence-electron chi connectivity index (χ0n) is 11.8. The summed E-state index contributed by atoms with van der Waals surface area (Å²) in [5.41, 5.74) is 1.05. The Kier molecular flexibility index (Phi) is 5.38. The summed E-state index contributed by atoms with van der Waals surface area (Å²) >= 11 is 10.0. The molecule has 2 heterocycles. The normalized spacial score (nSPS) is 26.6. The monoisotopic (exact) mass is 342 g/mol. The summed E-state index contributed by atoms with van der Waals surface area (Å²) in [7, 11) is 0. The molecule has 0 radical (unpaired) electrons. The summed E-state index contributed by atoms with van der Waals surface area (Å²) in [6, 6.07) is 7.90. The molecule has 2 aliphatic rings. The van der Waals surface area contributed by atoms with E-state index in [9.17, 15) is 4.79 Å². The van der Waals surface area contributed by atoms with E-state index in [1.165, 1.54) is 0 Å². The minimum Gasteiger partial charge on any atom is -0.332 e. The number of hydrogen-bond donors (Lipinski definition) is 1. The lowest BCUT2D eigenvalue weighted by molar-refractivity contribution is -0.133. The molecule has 2 atom stereocenters. The quantitative estimate of drug-likeness (QED) is 0.895. The molecule has 21 heavy (non-hydrogen) atoms. The first kappa shape index (κ1) is 15.5. The van der Waals surface area contributed by atoms with E-state index in [0.717, 1.165) is 47.5 Å². The Hall–Kier alpha value is -0.360. The number of rotatable bonds is 2. The van der Waals surface area contributed by atoms with Crippen molar-refractivity contribution in [3.63, 3.8) is 0 Å². The van der Waals surface area contributed by atoms with Crippen LogP contribution in [0.1, 0.15) is 11.6 Å². The zero-order valence-corrected chi connectivity index (χ0v) is 14.1. The second-order valence-electron chi connectivity index (χ2n) is 5.21. The predicted octanol–water partition coefficient (Wildman–Crippen LogP) is 2.66. The van der Waals surface area contributed by atoms with Gasteiger partial charge in [0.15, 0.2) is 0 Å². The lowest BCUT2D eigenvalue weighted by atomic mass is 10.0. The zero-order chi connectivity index (χ0) is 14.7. The van der Waals surface area contributed by atoms with E-state index in [1.807, 2.05) is 40.9 Å². The number of benzene rings is 1. The largest absolute Gasteiger partial charge is 0.332 e. The number of hydrogen-bond acceptors (Lipinski definition) is 4. The molecule has 2 fully saturated rings. The molecule has 2 unspecified atom stereocenters. The van der Waals surface area contributed by atoms with Gasteiger partial charge in [0, 0.05) is 41.9 Å². The minimum absolute atomic E-state index is 0.0486. The van der Waals surface area contributed by atoms with Gasteiger partial charge in [-0.3, -0.25) is 4.79 Å². The van der Waals surface area contributed by atoms with Crippen molar-refractivity contribution in [2.75, 3.05) is 36.9 Å². The first-order chi connectivity index (χ1) is 10.3. The molecule has 0 spiro atoms. The highest BCUT2D eigenvalue weighted by Gasteiger charge is 2.34. The highest BCUT2D eigenvalue weighted by Crippen LogP contribution is 2.32. The van der Waals surface area contributed by atoms with Crippen molar-refractivity contribution in [3.8, 4) is 0 Å². The lowest BCUT2D eigenvalue weighted by Gasteiger charge is -2.39. The molecule has 2 aliphatic heterocycles. The van der Waals surface area contributed by atoms with Gasteiger partial charge in [0.25, 0.3) is 0 Å². The fraction of sp³-hybridized carbons (Fsp3) is 0.533. The third kappa shape index (κ3) is 3.52. The molecule has 0 bridgehead atoms. The van der Waals surface area contributed by atoms with Gasteiger partial charge in [-0.1, -0.05) is 29.8 Å². The van der Waals surface area contributed by atoms with Crippen molar-refractivity contribution in [2.45, 2.75) is 11.3 Å². The molecule has 2 saturated heterocycles. The highest BCUT2D eigenvalue weighted by molar-refractivity contribution is 8.07. The van der Waals surface area contributed by atoms with Crippen molar-refractivity contribution in [1.82, 2.24) is 10.2 Å². The maximum absolute atomic E-state index is 12.9. The van der Waals surface area contributed by atoms with Crippen LogP contribution in [0.2, 0.25) is 5.02 Å². The third-order valence-corrected chi connectivity index (χ3v) is 6.97. The molecule has 0 saturated carbocycles. The van der Waals surface area contributed by atoms with Crippen LogP contribution in [-0.2, 0) is 4.79 Å². The molecule has 1 aromatic rings. The van der Waals surface area contributed by atoms with Crippen LogP contribution in [0.4, 0.5) is 0 Å². The molecule has 6 heteroatoms. The van der Waals surface area contributed by atoms with Crippen molar-refractivity contribution in [1.29, 1.82) is 0 Å². The van der Waals surface area contributed by atoms with Gasteiger partial charge in [0.05, 0.1) is 11.3 Å². The van der Waals surface area contributed by atoms with Crippen LogP contribution < -0.4 is 5.32 Å². The Balaban J connectivity index is 1.81. The van der Waals surface area contributed by atoms with Crippen LogP contribution in [0, 0.1) is 0 Å². The fourth-order valence-corrected chi connectivity index (χ4v) is 5.68. The number of nitrogens with zero attached hydrogens (tertiary/aromatic N) is 1. The number of piperazine rings is 1. The summed E-state index contributed by atoms with van der Waals surface area (Å²) < 4.78 is 0. The van der Waals surface area contributed by atoms with Crippen LogP contribution >= 0.6 is 35.1 Å². The number of nitrogens with one attached hydrogen (secondary N) is 1. The number of halogens is 1. The average Bonchev–Trinajstić information content (AvgIpc) is 2.55. The topological polar surface area (TPSA) is 32.3 Å². The number of thioether (sulfide) groups is 2. The molecule has 1 amide bonds. The Morgan fingerprint density at radius 1 is 1.33 bits per heavy atom. The summed E-state index contributed by atoms with van der Waals surface area (Å²) in [6.07, 6.45) is 0. The molecule has 3 rings (SSSR count). The second kappa shape index (κ2) is 7.27. The number of carbonyl (C=O) groups is 1. The Labute approximate surface area is 139 Å². The van der Waals surface area contributed by atoms with Crippen molar-refractivity contribution in [3.05, 3.63) is 34.9 Å². The molecular formula is C15H19ClN2OS2. The molecule has 1 N–H and O–H groups in total. The third-order valence-electron chi connectivity index (χ3n) is 3.88. The fourth-order valence-electron chi connectivity index (χ4n) is 2.81. The van der Waals surface area contributed by atoms with Crippen LogP contribution in [-0.4, -0.2) is 52.9 Å². The first-order valence-corrected chi connectivity index (χ1v) is 9.80. The van der Waals surface area contributed by atoms with E-state index in [0.29, 0.717) is 0 Å². The number of carbonyl (C=O) groups excluding carboxylic acids is 1. The van der Waals surface area contributed by atoms with Gasteiger partial charge >= 0.3 is 0 Å². The van der Waals surface area contributed by atoms with Crippen LogP contribution in [0.5, 0.6) is 0 Å². The average molecular weight is 343 g/mol. The van der Waals surface area contributed by atoms with E-state index < -0.39 is 0 Å². The highest BCUT2D eigenvalue weighted by atomic mass is 35.5.